The van der Waals surface area contributed by atoms with Crippen molar-refractivity contribution in [2.24, 2.45) is 59.2 Å². The molecule has 0 aliphatic carbocycles. The monoisotopic (exact) mass is 1620 g/mol. The fourth-order valence-corrected chi connectivity index (χ4v) is 11.4. The van der Waals surface area contributed by atoms with E-state index < -0.39 is 88.4 Å². The number of esters is 6. The van der Waals surface area contributed by atoms with E-state index in [1.54, 1.807) is 0 Å². The Bertz CT molecular complexity index is 2510. The second kappa shape index (κ2) is 73.3. The Morgan fingerprint density at radius 2 is 0.549 bits per heavy atom. The molecule has 8 atom stereocenters. The van der Waals surface area contributed by atoms with Crippen LogP contribution in [0.1, 0.15) is 403 Å². The standard InChI is InChI=1S/C19H36O4.5C14H26O4/c1-15(2)7-5-8-16(3)9-6-10-17(4)13-14-23-19(22)12-11-18(20)21;1-11(2)5-4-6-12(3)9-10-18-14(17)8-7-13(15)16;1-5-11(2)7-6-10-14(3,4)18-13(17)9-8-12(15)16;1-5-14(4,10-6-7-11(2)3)18-13(17)9-8-12(15)16;1-5-6-7-11(2)10-14(3,4)18-13(17)9-8-12(15)16;1-4-11(2)6-5-7-12(3)10-18-14(17)9-8-13(15)16/h15-17H,5-14H2,1-4H3,(H,20,21);11-12H,4-10H2,1-3H3,(H,15,16);3*11H,5-10H2,1-4H3,(H,15,16);11-12H,4-10H2,1-3H3,(H,15,16). The summed E-state index contributed by atoms with van der Waals surface area (Å²) in [5.74, 6) is -1.88. The van der Waals surface area contributed by atoms with E-state index in [1.807, 2.05) is 41.5 Å². The van der Waals surface area contributed by atoms with Gasteiger partial charge in [0.2, 0.25) is 0 Å². The average Bonchev–Trinajstić information content (AvgIpc) is 0.892. The van der Waals surface area contributed by atoms with Crippen LogP contribution < -0.4 is 0 Å². The summed E-state index contributed by atoms with van der Waals surface area (Å²) in [6.45, 7) is 47.9. The predicted molar refractivity (Wildman–Crippen MR) is 445 cm³/mol. The first-order valence-corrected chi connectivity index (χ1v) is 42.9. The lowest BCUT2D eigenvalue weighted by Crippen LogP contribution is -2.31. The van der Waals surface area contributed by atoms with Crippen LogP contribution in [0.4, 0.5) is 0 Å². The lowest BCUT2D eigenvalue weighted by atomic mass is 9.91. The molecule has 0 amide bonds. The fourth-order valence-electron chi connectivity index (χ4n) is 11.4. The quantitative estimate of drug-likeness (QED) is 0.0243. The van der Waals surface area contributed by atoms with Crippen LogP contribution in [0.3, 0.4) is 0 Å². The van der Waals surface area contributed by atoms with Crippen molar-refractivity contribution in [1.82, 2.24) is 0 Å². The molecule has 0 aliphatic rings. The van der Waals surface area contributed by atoms with Crippen molar-refractivity contribution in [3.63, 3.8) is 0 Å². The summed E-state index contributed by atoms with van der Waals surface area (Å²) < 4.78 is 31.1. The molecule has 0 aromatic heterocycles. The van der Waals surface area contributed by atoms with Gasteiger partial charge in [0.05, 0.1) is 96.9 Å². The summed E-state index contributed by atoms with van der Waals surface area (Å²) in [5, 5.41) is 50.8. The Labute approximate surface area is 683 Å². The van der Waals surface area contributed by atoms with Gasteiger partial charge in [-0.15, -0.1) is 0 Å². The van der Waals surface area contributed by atoms with Crippen LogP contribution in [0.2, 0.25) is 0 Å². The van der Waals surface area contributed by atoms with E-state index in [0.29, 0.717) is 55.3 Å². The van der Waals surface area contributed by atoms with Crippen LogP contribution >= 0.6 is 0 Å². The van der Waals surface area contributed by atoms with Crippen LogP contribution in [0.25, 0.3) is 0 Å². The lowest BCUT2D eigenvalue weighted by molar-refractivity contribution is -0.161. The van der Waals surface area contributed by atoms with Gasteiger partial charge in [-0.25, -0.2) is 0 Å². The normalized spacial score (nSPS) is 13.5. The number of unbranched alkanes of at least 4 members (excludes halogenated alkanes) is 1. The van der Waals surface area contributed by atoms with Gasteiger partial charge in [0.15, 0.2) is 0 Å². The number of carboxylic acids is 6. The van der Waals surface area contributed by atoms with Crippen LogP contribution in [-0.4, -0.2) is 139 Å². The first kappa shape index (κ1) is 117. The van der Waals surface area contributed by atoms with Crippen LogP contribution in [0.15, 0.2) is 0 Å². The SMILES string of the molecule is CC(C)CCCC(C)CCCC(C)CCOC(=O)CCC(=O)O.CC(C)CCCC(C)CCOC(=O)CCC(=O)O.CCC(C)(CCCC(C)C)OC(=O)CCC(=O)O.CCC(C)CCCC(C)(C)OC(=O)CCC(=O)O.CCC(C)CCCC(C)COC(=O)CCC(=O)O.CCCCC(C)CC(C)(C)OC(=O)CCC(=O)O. The van der Waals surface area contributed by atoms with E-state index in [4.69, 9.17) is 59.1 Å². The van der Waals surface area contributed by atoms with Crippen LogP contribution in [-0.2, 0) is 86.0 Å². The molecule has 666 valence electrons. The molecule has 0 heterocycles. The third-order valence-corrected chi connectivity index (χ3v) is 19.4. The fraction of sp³-hybridized carbons (Fsp3) is 0.865. The molecule has 0 fully saturated rings. The molecule has 24 nitrogen and oxygen atoms in total. The summed E-state index contributed by atoms with van der Waals surface area (Å²) >= 11 is 0. The Morgan fingerprint density at radius 1 is 0.274 bits per heavy atom. The second-order valence-corrected chi connectivity index (χ2v) is 34.4. The van der Waals surface area contributed by atoms with Crippen molar-refractivity contribution in [3.05, 3.63) is 0 Å². The van der Waals surface area contributed by atoms with Crippen molar-refractivity contribution < 1.29 is 117 Å². The minimum Gasteiger partial charge on any atom is -0.481 e. The molecule has 0 spiro atoms. The van der Waals surface area contributed by atoms with Crippen molar-refractivity contribution in [1.29, 1.82) is 0 Å². The molecule has 6 N–H and O–H groups in total. The minimum absolute atomic E-state index is 0.0302. The third kappa shape index (κ3) is 94.4. The molecule has 0 aromatic carbocycles. The van der Waals surface area contributed by atoms with E-state index in [9.17, 15) is 57.5 Å². The highest BCUT2D eigenvalue weighted by Crippen LogP contribution is 2.28. The van der Waals surface area contributed by atoms with Crippen molar-refractivity contribution in [3.8, 4) is 0 Å². The molecule has 24 heteroatoms. The Morgan fingerprint density at radius 3 is 0.885 bits per heavy atom. The van der Waals surface area contributed by atoms with E-state index in [0.717, 1.165) is 114 Å². The van der Waals surface area contributed by atoms with Crippen molar-refractivity contribution in [2.75, 3.05) is 19.8 Å². The molecule has 0 radical (unpaired) electrons. The van der Waals surface area contributed by atoms with Crippen LogP contribution in [0.5, 0.6) is 0 Å². The molecule has 0 aliphatic heterocycles. The molecule has 0 saturated carbocycles. The van der Waals surface area contributed by atoms with Gasteiger partial charge in [-0.3, -0.25) is 57.5 Å². The number of hydrogen-bond donors (Lipinski definition) is 6. The number of ether oxygens (including phenoxy) is 6. The molecule has 0 rings (SSSR count). The number of carbonyl (C=O) groups excluding carboxylic acids is 6. The van der Waals surface area contributed by atoms with Crippen molar-refractivity contribution in [2.45, 2.75) is 420 Å². The number of rotatable bonds is 61. The van der Waals surface area contributed by atoms with Crippen molar-refractivity contribution >= 4 is 71.6 Å². The van der Waals surface area contributed by atoms with Gasteiger partial charge in [-0.1, -0.05) is 233 Å². The highest BCUT2D eigenvalue weighted by Gasteiger charge is 2.28. The summed E-state index contributed by atoms with van der Waals surface area (Å²) in [5.41, 5.74) is -1.46. The maximum Gasteiger partial charge on any atom is 0.306 e. The van der Waals surface area contributed by atoms with E-state index in [-0.39, 0.29) is 77.0 Å². The zero-order valence-corrected chi connectivity index (χ0v) is 75.0. The molecule has 0 saturated heterocycles. The van der Waals surface area contributed by atoms with E-state index >= 15 is 0 Å². The second-order valence-electron chi connectivity index (χ2n) is 34.4. The molecule has 0 bridgehead atoms. The molecular formula is C89H166O24. The Kier molecular flexibility index (Phi) is 76.2. The molecule has 8 unspecified atom stereocenters. The largest absolute Gasteiger partial charge is 0.481 e. The Hall–Kier alpha value is -6.36. The molecular weight excluding hydrogens is 1450 g/mol. The summed E-state index contributed by atoms with van der Waals surface area (Å²) in [6, 6.07) is 0. The maximum atomic E-state index is 11.5. The van der Waals surface area contributed by atoms with Gasteiger partial charge in [0.1, 0.15) is 16.8 Å². The zero-order chi connectivity index (χ0) is 88.1. The van der Waals surface area contributed by atoms with Gasteiger partial charge < -0.3 is 59.1 Å². The smallest absolute Gasteiger partial charge is 0.306 e. The third-order valence-electron chi connectivity index (χ3n) is 19.4. The van der Waals surface area contributed by atoms with E-state index in [2.05, 4.69) is 111 Å². The number of hydrogen-bond acceptors (Lipinski definition) is 18. The van der Waals surface area contributed by atoms with Gasteiger partial charge >= 0.3 is 71.6 Å². The summed E-state index contributed by atoms with van der Waals surface area (Å²) in [4.78, 5) is 130. The van der Waals surface area contributed by atoms with E-state index in [1.165, 1.54) is 83.5 Å². The van der Waals surface area contributed by atoms with Crippen LogP contribution in [0, 0.1) is 59.2 Å². The molecule has 113 heavy (non-hydrogen) atoms. The minimum atomic E-state index is -0.971. The number of carbonyl (C=O) groups is 12. The number of carboxylic acid groups (broad SMARTS) is 6. The molecule has 0 aromatic rings. The maximum absolute atomic E-state index is 11.5. The van der Waals surface area contributed by atoms with Gasteiger partial charge in [-0.05, 0) is 152 Å². The zero-order valence-electron chi connectivity index (χ0n) is 75.0. The van der Waals surface area contributed by atoms with Gasteiger partial charge in [0, 0.05) is 0 Å². The first-order chi connectivity index (χ1) is 52.5. The number of aliphatic carboxylic acids is 6. The predicted octanol–water partition coefficient (Wildman–Crippen LogP) is 21.7. The van der Waals surface area contributed by atoms with Gasteiger partial charge in [0.25, 0.3) is 0 Å². The summed E-state index contributed by atoms with van der Waals surface area (Å²) in [7, 11) is 0. The lowest BCUT2D eigenvalue weighted by Gasteiger charge is -2.28. The summed E-state index contributed by atoms with van der Waals surface area (Å²) in [6.07, 6.45) is 28.6. The highest BCUT2D eigenvalue weighted by atomic mass is 16.6. The first-order valence-electron chi connectivity index (χ1n) is 42.9. The topological polar surface area (TPSA) is 382 Å². The highest BCUT2D eigenvalue weighted by molar-refractivity contribution is 5.79. The average molecular weight is 1620 g/mol. The Balaban J connectivity index is -0.000000305. The van der Waals surface area contributed by atoms with Gasteiger partial charge in [-0.2, -0.15) is 0 Å².